The number of ether oxygens (including phenoxy) is 1. The zero-order valence-corrected chi connectivity index (χ0v) is 15.7. The molecule has 3 nitrogen and oxygen atoms in total. The van der Waals surface area contributed by atoms with E-state index in [1.54, 1.807) is 7.11 Å². The normalized spacial score (nSPS) is 16.8. The Morgan fingerprint density at radius 1 is 1.00 bits per heavy atom. The molecule has 0 aliphatic heterocycles. The molecule has 3 rings (SSSR count). The number of benzene rings is 1. The number of unbranched alkanes of at least 4 members (excludes halogenated alkanes) is 3. The Balaban J connectivity index is 1.47. The Morgan fingerprint density at radius 2 is 1.73 bits per heavy atom. The fourth-order valence-electron chi connectivity index (χ4n) is 3.88. The van der Waals surface area contributed by atoms with Gasteiger partial charge in [-0.3, -0.25) is 9.78 Å². The van der Waals surface area contributed by atoms with Crippen molar-refractivity contribution < 1.29 is 9.53 Å². The lowest BCUT2D eigenvalue weighted by molar-refractivity contribution is -0.118. The summed E-state index contributed by atoms with van der Waals surface area (Å²) in [5.74, 6) is 1.36. The highest BCUT2D eigenvalue weighted by molar-refractivity contribution is 5.87. The van der Waals surface area contributed by atoms with Crippen molar-refractivity contribution in [1.82, 2.24) is 4.98 Å². The van der Waals surface area contributed by atoms with Gasteiger partial charge in [-0.2, -0.15) is 0 Å². The molecule has 0 bridgehead atoms. The monoisotopic (exact) mass is 351 g/mol. The Morgan fingerprint density at radius 3 is 2.38 bits per heavy atom. The molecule has 0 spiro atoms. The molecular formula is C23H29NO2. The molecule has 1 unspecified atom stereocenters. The number of carbonyl (C=O) groups is 1. The van der Waals surface area contributed by atoms with E-state index in [0.29, 0.717) is 5.78 Å². The summed E-state index contributed by atoms with van der Waals surface area (Å²) < 4.78 is 5.47. The highest BCUT2D eigenvalue weighted by atomic mass is 16.5. The minimum Gasteiger partial charge on any atom is -0.497 e. The van der Waals surface area contributed by atoms with E-state index in [4.69, 9.17) is 4.74 Å². The molecule has 1 fully saturated rings. The molecule has 1 atom stereocenters. The van der Waals surface area contributed by atoms with Gasteiger partial charge in [-0.15, -0.1) is 0 Å². The second-order valence-corrected chi connectivity index (χ2v) is 7.30. The number of methoxy groups -OCH3 is 1. The van der Waals surface area contributed by atoms with Crippen molar-refractivity contribution in [2.75, 3.05) is 7.11 Å². The molecule has 1 aromatic carbocycles. The summed E-state index contributed by atoms with van der Waals surface area (Å²) in [4.78, 5) is 16.1. The number of aromatic nitrogens is 1. The zero-order valence-electron chi connectivity index (χ0n) is 15.7. The maximum absolute atomic E-state index is 12.1. The van der Waals surface area contributed by atoms with Crippen LogP contribution in [0.25, 0.3) is 0 Å². The van der Waals surface area contributed by atoms with Crippen molar-refractivity contribution in [3.8, 4) is 5.75 Å². The number of Topliss-reactive ketones (excluding diaryl/α,β-unsaturated/α-hetero) is 1. The predicted octanol–water partition coefficient (Wildman–Crippen LogP) is 5.27. The number of ketones is 1. The maximum atomic E-state index is 12.1. The molecule has 1 aliphatic rings. The van der Waals surface area contributed by atoms with E-state index in [-0.39, 0.29) is 5.92 Å². The van der Waals surface area contributed by atoms with Crippen LogP contribution in [0.5, 0.6) is 5.75 Å². The average molecular weight is 351 g/mol. The van der Waals surface area contributed by atoms with Crippen LogP contribution >= 0.6 is 0 Å². The minimum absolute atomic E-state index is 0.0872. The van der Waals surface area contributed by atoms with Gasteiger partial charge < -0.3 is 4.74 Å². The molecule has 26 heavy (non-hydrogen) atoms. The molecule has 0 radical (unpaired) electrons. The summed E-state index contributed by atoms with van der Waals surface area (Å²) in [5.41, 5.74) is 3.83. The van der Waals surface area contributed by atoms with Gasteiger partial charge in [0, 0.05) is 24.7 Å². The fourth-order valence-corrected chi connectivity index (χ4v) is 3.88. The summed E-state index contributed by atoms with van der Waals surface area (Å²) in [6, 6.07) is 10.6. The van der Waals surface area contributed by atoms with Crippen LogP contribution in [-0.4, -0.2) is 17.9 Å². The molecular weight excluding hydrogens is 322 g/mol. The Bertz CT molecular complexity index is 711. The van der Waals surface area contributed by atoms with Crippen LogP contribution in [0.15, 0.2) is 42.7 Å². The molecule has 138 valence electrons. The lowest BCUT2D eigenvalue weighted by Crippen LogP contribution is -2.05. The predicted molar refractivity (Wildman–Crippen MR) is 105 cm³/mol. The van der Waals surface area contributed by atoms with Gasteiger partial charge in [0.05, 0.1) is 7.11 Å². The van der Waals surface area contributed by atoms with Gasteiger partial charge >= 0.3 is 0 Å². The number of rotatable bonds is 9. The van der Waals surface area contributed by atoms with Crippen molar-refractivity contribution in [3.05, 3.63) is 59.4 Å². The molecule has 1 heterocycles. The van der Waals surface area contributed by atoms with E-state index < -0.39 is 0 Å². The first-order valence-corrected chi connectivity index (χ1v) is 9.86. The van der Waals surface area contributed by atoms with E-state index in [1.165, 1.54) is 36.8 Å². The summed E-state index contributed by atoms with van der Waals surface area (Å²) in [6.45, 7) is 0. The van der Waals surface area contributed by atoms with E-state index >= 15 is 0 Å². The lowest BCUT2D eigenvalue weighted by atomic mass is 9.93. The van der Waals surface area contributed by atoms with Crippen LogP contribution in [0.4, 0.5) is 0 Å². The number of nitrogens with zero attached hydrogens (tertiary/aromatic N) is 1. The average Bonchev–Trinajstić information content (AvgIpc) is 3.11. The third-order valence-electron chi connectivity index (χ3n) is 5.36. The third-order valence-corrected chi connectivity index (χ3v) is 5.36. The minimum atomic E-state index is 0.0872. The van der Waals surface area contributed by atoms with Crippen LogP contribution in [-0.2, 0) is 17.6 Å². The number of carbonyl (C=O) groups excluding carboxylic acids is 1. The Kier molecular flexibility index (Phi) is 6.82. The number of aryl methyl sites for hydroxylation is 2. The van der Waals surface area contributed by atoms with E-state index in [1.807, 2.05) is 18.5 Å². The molecule has 0 N–H and O–H groups in total. The van der Waals surface area contributed by atoms with E-state index in [0.717, 1.165) is 43.4 Å². The number of hydrogen-bond acceptors (Lipinski definition) is 3. The first-order chi connectivity index (χ1) is 12.8. The van der Waals surface area contributed by atoms with Crippen molar-refractivity contribution in [2.45, 2.75) is 63.7 Å². The van der Waals surface area contributed by atoms with Crippen LogP contribution < -0.4 is 4.74 Å². The number of pyridine rings is 1. The summed E-state index contributed by atoms with van der Waals surface area (Å²) in [5, 5.41) is 0. The van der Waals surface area contributed by atoms with Crippen molar-refractivity contribution in [2.24, 2.45) is 0 Å². The van der Waals surface area contributed by atoms with Crippen LogP contribution in [0.3, 0.4) is 0 Å². The molecule has 1 aromatic heterocycles. The van der Waals surface area contributed by atoms with E-state index in [2.05, 4.69) is 29.2 Å². The van der Waals surface area contributed by atoms with Gasteiger partial charge in [-0.1, -0.05) is 18.9 Å². The second kappa shape index (κ2) is 9.51. The second-order valence-electron chi connectivity index (χ2n) is 7.30. The maximum Gasteiger partial charge on any atom is 0.140 e. The van der Waals surface area contributed by atoms with Crippen molar-refractivity contribution in [1.29, 1.82) is 0 Å². The largest absolute Gasteiger partial charge is 0.497 e. The molecule has 0 amide bonds. The lowest BCUT2D eigenvalue weighted by Gasteiger charge is -2.13. The Hall–Kier alpha value is -2.16. The molecule has 0 saturated heterocycles. The summed E-state index contributed by atoms with van der Waals surface area (Å²) >= 11 is 0. The van der Waals surface area contributed by atoms with Crippen LogP contribution in [0.1, 0.15) is 67.6 Å². The summed E-state index contributed by atoms with van der Waals surface area (Å²) in [7, 11) is 1.71. The fraction of sp³-hybridized carbons (Fsp3) is 0.478. The van der Waals surface area contributed by atoms with Gasteiger partial charge in [-0.25, -0.2) is 0 Å². The van der Waals surface area contributed by atoms with Crippen LogP contribution in [0.2, 0.25) is 0 Å². The topological polar surface area (TPSA) is 39.2 Å². The van der Waals surface area contributed by atoms with Gasteiger partial charge in [-0.05, 0) is 79.5 Å². The first-order valence-electron chi connectivity index (χ1n) is 9.86. The standard InChI is InChI=1S/C23H29NO2/c1-26-21-16-19(15-20(17-21)22-9-6-10-23(22)25)8-5-3-2-4-7-18-11-13-24-14-12-18/h11-17,22H,2-10H2,1H3. The molecule has 1 saturated carbocycles. The first kappa shape index (κ1) is 18.6. The van der Waals surface area contributed by atoms with Crippen molar-refractivity contribution in [3.63, 3.8) is 0 Å². The summed E-state index contributed by atoms with van der Waals surface area (Å²) in [6.07, 6.45) is 13.6. The SMILES string of the molecule is COc1cc(CCCCCCc2ccncc2)cc(C2CCCC2=O)c1. The molecule has 2 aromatic rings. The van der Waals surface area contributed by atoms with Crippen molar-refractivity contribution >= 4 is 5.78 Å². The quantitative estimate of drug-likeness (QED) is 0.578. The van der Waals surface area contributed by atoms with Gasteiger partial charge in [0.15, 0.2) is 0 Å². The molecule has 1 aliphatic carbocycles. The Labute approximate surface area is 156 Å². The highest BCUT2D eigenvalue weighted by Gasteiger charge is 2.26. The smallest absolute Gasteiger partial charge is 0.140 e. The number of hydrogen-bond donors (Lipinski definition) is 0. The van der Waals surface area contributed by atoms with Gasteiger partial charge in [0.2, 0.25) is 0 Å². The van der Waals surface area contributed by atoms with E-state index in [9.17, 15) is 4.79 Å². The van der Waals surface area contributed by atoms with Gasteiger partial charge in [0.25, 0.3) is 0 Å². The van der Waals surface area contributed by atoms with Gasteiger partial charge in [0.1, 0.15) is 11.5 Å². The molecule has 3 heteroatoms. The zero-order chi connectivity index (χ0) is 18.2. The highest BCUT2D eigenvalue weighted by Crippen LogP contribution is 2.34. The third kappa shape index (κ3) is 5.17. The van der Waals surface area contributed by atoms with Crippen LogP contribution in [0, 0.1) is 0 Å².